The summed E-state index contributed by atoms with van der Waals surface area (Å²) in [7, 11) is 0. The van der Waals surface area contributed by atoms with Crippen LogP contribution in [0.5, 0.6) is 0 Å². The van der Waals surface area contributed by atoms with Crippen molar-refractivity contribution in [2.24, 2.45) is 5.73 Å². The molecule has 1 aromatic rings. The molecule has 0 aliphatic heterocycles. The van der Waals surface area contributed by atoms with E-state index < -0.39 is 0 Å². The van der Waals surface area contributed by atoms with E-state index in [1.54, 1.807) is 6.07 Å². The van der Waals surface area contributed by atoms with Crippen LogP contribution in [0.25, 0.3) is 0 Å². The van der Waals surface area contributed by atoms with E-state index in [0.29, 0.717) is 0 Å². The molecular weight excluding hydrogens is 201 g/mol. The molecule has 90 valence electrons. The molecule has 0 bridgehead atoms. The Morgan fingerprint density at radius 2 is 1.69 bits per heavy atom. The maximum atomic E-state index is 13.8. The molecule has 1 nitrogen and oxygen atoms in total. The van der Waals surface area contributed by atoms with Crippen LogP contribution in [0.1, 0.15) is 49.3 Å². The summed E-state index contributed by atoms with van der Waals surface area (Å²) in [6, 6.07) is 3.79. The first-order valence-electron chi connectivity index (χ1n) is 5.94. The highest BCUT2D eigenvalue weighted by molar-refractivity contribution is 5.33. The van der Waals surface area contributed by atoms with Crippen LogP contribution in [-0.4, -0.2) is 6.04 Å². The lowest BCUT2D eigenvalue weighted by Crippen LogP contribution is -2.15. The fraction of sp³-hybridized carbons (Fsp3) is 0.571. The quantitative estimate of drug-likeness (QED) is 0.828. The van der Waals surface area contributed by atoms with Gasteiger partial charge >= 0.3 is 0 Å². The molecule has 2 atom stereocenters. The van der Waals surface area contributed by atoms with Gasteiger partial charge in [-0.3, -0.25) is 0 Å². The number of rotatable bonds is 4. The van der Waals surface area contributed by atoms with Crippen LogP contribution in [0.4, 0.5) is 4.39 Å². The molecule has 0 radical (unpaired) electrons. The molecule has 16 heavy (non-hydrogen) atoms. The third-order valence-corrected chi connectivity index (χ3v) is 3.20. The number of benzene rings is 1. The first-order chi connectivity index (χ1) is 7.41. The molecule has 2 N–H and O–H groups in total. The van der Waals surface area contributed by atoms with Gasteiger partial charge in [-0.15, -0.1) is 0 Å². The zero-order chi connectivity index (χ0) is 12.3. The van der Waals surface area contributed by atoms with Crippen LogP contribution in [0.3, 0.4) is 0 Å². The van der Waals surface area contributed by atoms with Gasteiger partial charge in [0.25, 0.3) is 0 Å². The summed E-state index contributed by atoms with van der Waals surface area (Å²) in [5.41, 5.74) is 8.71. The lowest BCUT2D eigenvalue weighted by molar-refractivity contribution is 0.535. The zero-order valence-electron chi connectivity index (χ0n) is 10.7. The van der Waals surface area contributed by atoms with Gasteiger partial charge in [-0.25, -0.2) is 4.39 Å². The Balaban J connectivity index is 2.82. The fourth-order valence-corrected chi connectivity index (χ4v) is 1.85. The minimum atomic E-state index is -0.0831. The number of halogens is 1. The van der Waals surface area contributed by atoms with Crippen molar-refractivity contribution < 1.29 is 4.39 Å². The minimum Gasteiger partial charge on any atom is -0.328 e. The van der Waals surface area contributed by atoms with Crippen LogP contribution in [-0.2, 0) is 0 Å². The third kappa shape index (κ3) is 3.31. The second-order valence-corrected chi connectivity index (χ2v) is 4.91. The minimum absolute atomic E-state index is 0.0831. The Labute approximate surface area is 97.9 Å². The van der Waals surface area contributed by atoms with E-state index in [1.165, 1.54) is 0 Å². The molecule has 0 amide bonds. The van der Waals surface area contributed by atoms with Gasteiger partial charge in [0.05, 0.1) is 0 Å². The fourth-order valence-electron chi connectivity index (χ4n) is 1.85. The Morgan fingerprint density at radius 3 is 2.25 bits per heavy atom. The van der Waals surface area contributed by atoms with Gasteiger partial charge in [0.1, 0.15) is 5.82 Å². The third-order valence-electron chi connectivity index (χ3n) is 3.20. The van der Waals surface area contributed by atoms with Crippen molar-refractivity contribution in [2.75, 3.05) is 0 Å². The van der Waals surface area contributed by atoms with Crippen molar-refractivity contribution in [1.82, 2.24) is 0 Å². The van der Waals surface area contributed by atoms with Gasteiger partial charge < -0.3 is 5.73 Å². The first kappa shape index (κ1) is 13.2. The van der Waals surface area contributed by atoms with Gasteiger partial charge in [0.15, 0.2) is 0 Å². The second kappa shape index (κ2) is 5.44. The first-order valence-corrected chi connectivity index (χ1v) is 5.94. The van der Waals surface area contributed by atoms with Crippen molar-refractivity contribution >= 4 is 0 Å². The summed E-state index contributed by atoms with van der Waals surface area (Å²) in [6.45, 7) is 8.02. The van der Waals surface area contributed by atoms with E-state index >= 15 is 0 Å². The average molecular weight is 223 g/mol. The van der Waals surface area contributed by atoms with E-state index in [2.05, 4.69) is 6.92 Å². The highest BCUT2D eigenvalue weighted by atomic mass is 19.1. The molecule has 0 aliphatic rings. The monoisotopic (exact) mass is 223 g/mol. The zero-order valence-corrected chi connectivity index (χ0v) is 10.7. The van der Waals surface area contributed by atoms with E-state index in [-0.39, 0.29) is 17.8 Å². The predicted molar refractivity (Wildman–Crippen MR) is 67.2 cm³/mol. The molecule has 0 heterocycles. The summed E-state index contributed by atoms with van der Waals surface area (Å²) in [4.78, 5) is 0. The van der Waals surface area contributed by atoms with Gasteiger partial charge in [-0.1, -0.05) is 13.0 Å². The highest BCUT2D eigenvalue weighted by Gasteiger charge is 2.12. The topological polar surface area (TPSA) is 26.0 Å². The molecule has 0 aliphatic carbocycles. The molecule has 1 rings (SSSR count). The molecule has 0 fully saturated rings. The number of hydrogen-bond donors (Lipinski definition) is 1. The summed E-state index contributed by atoms with van der Waals surface area (Å²) in [6.07, 6.45) is 1.88. The summed E-state index contributed by atoms with van der Waals surface area (Å²) in [5, 5.41) is 0. The lowest BCUT2D eigenvalue weighted by atomic mass is 9.92. The average Bonchev–Trinajstić information content (AvgIpc) is 2.20. The molecule has 2 heteroatoms. The van der Waals surface area contributed by atoms with Gasteiger partial charge in [-0.05, 0) is 62.3 Å². The van der Waals surface area contributed by atoms with Crippen LogP contribution >= 0.6 is 0 Å². The highest BCUT2D eigenvalue weighted by Crippen LogP contribution is 2.26. The van der Waals surface area contributed by atoms with Gasteiger partial charge in [0, 0.05) is 6.04 Å². The van der Waals surface area contributed by atoms with Crippen LogP contribution in [0.15, 0.2) is 12.1 Å². The largest absolute Gasteiger partial charge is 0.328 e. The van der Waals surface area contributed by atoms with Crippen LogP contribution in [0.2, 0.25) is 0 Å². The number of aryl methyl sites for hydroxylation is 2. The smallest absolute Gasteiger partial charge is 0.126 e. The molecule has 2 unspecified atom stereocenters. The standard InChI is InChI=1S/C14H22FN/c1-9(5-6-12(4)16)13-7-10(2)11(3)8-14(13)15/h7-9,12H,5-6,16H2,1-4H3. The van der Waals surface area contributed by atoms with Crippen LogP contribution < -0.4 is 5.73 Å². The van der Waals surface area contributed by atoms with Crippen molar-refractivity contribution in [3.05, 3.63) is 34.6 Å². The second-order valence-electron chi connectivity index (χ2n) is 4.91. The van der Waals surface area contributed by atoms with E-state index in [4.69, 9.17) is 5.73 Å². The maximum absolute atomic E-state index is 13.8. The van der Waals surface area contributed by atoms with Crippen molar-refractivity contribution in [3.8, 4) is 0 Å². The summed E-state index contributed by atoms with van der Waals surface area (Å²) >= 11 is 0. The summed E-state index contributed by atoms with van der Waals surface area (Å²) < 4.78 is 13.8. The van der Waals surface area contributed by atoms with E-state index in [1.807, 2.05) is 26.8 Å². The van der Waals surface area contributed by atoms with Crippen molar-refractivity contribution in [1.29, 1.82) is 0 Å². The van der Waals surface area contributed by atoms with E-state index in [0.717, 1.165) is 29.5 Å². The van der Waals surface area contributed by atoms with Crippen molar-refractivity contribution in [2.45, 2.75) is 52.5 Å². The number of hydrogen-bond acceptors (Lipinski definition) is 1. The summed E-state index contributed by atoms with van der Waals surface area (Å²) in [5.74, 6) is 0.158. The SMILES string of the molecule is Cc1cc(F)c(C(C)CCC(C)N)cc1C. The van der Waals surface area contributed by atoms with Crippen molar-refractivity contribution in [3.63, 3.8) is 0 Å². The Kier molecular flexibility index (Phi) is 4.48. The Morgan fingerprint density at radius 1 is 1.12 bits per heavy atom. The lowest BCUT2D eigenvalue weighted by Gasteiger charge is -2.16. The maximum Gasteiger partial charge on any atom is 0.126 e. The molecule has 0 saturated heterocycles. The molecule has 1 aromatic carbocycles. The molecule has 0 spiro atoms. The predicted octanol–water partition coefficient (Wildman–Crippen LogP) is 3.67. The Bertz CT molecular complexity index is 358. The molecular formula is C14H22FN. The number of nitrogens with two attached hydrogens (primary N) is 1. The molecule has 0 saturated carbocycles. The van der Waals surface area contributed by atoms with E-state index in [9.17, 15) is 4.39 Å². The van der Waals surface area contributed by atoms with Gasteiger partial charge in [-0.2, -0.15) is 0 Å². The van der Waals surface area contributed by atoms with Crippen LogP contribution in [0, 0.1) is 19.7 Å². The molecule has 0 aromatic heterocycles. The van der Waals surface area contributed by atoms with Gasteiger partial charge in [0.2, 0.25) is 0 Å². The Hall–Kier alpha value is -0.890. The normalized spacial score (nSPS) is 14.9.